The zero-order valence-corrected chi connectivity index (χ0v) is 20.4. The van der Waals surface area contributed by atoms with E-state index in [0.29, 0.717) is 18.8 Å². The lowest BCUT2D eigenvalue weighted by Crippen LogP contribution is -2.46. The monoisotopic (exact) mass is 475 g/mol. The Labute approximate surface area is 206 Å². The quantitative estimate of drug-likeness (QED) is 0.488. The predicted molar refractivity (Wildman–Crippen MR) is 137 cm³/mol. The number of carbonyl (C=O) groups is 1. The molecule has 1 aliphatic heterocycles. The lowest BCUT2D eigenvalue weighted by atomic mass is 10.0. The molecule has 1 aromatic heterocycles. The Bertz CT molecular complexity index is 1130. The number of piperazine rings is 1. The smallest absolute Gasteiger partial charge is 0.271 e. The first-order valence-electron chi connectivity index (χ1n) is 12.2. The maximum atomic E-state index is 12.0. The van der Waals surface area contributed by atoms with Gasteiger partial charge in [-0.25, -0.2) is 0 Å². The van der Waals surface area contributed by atoms with Crippen LogP contribution in [0, 0.1) is 0 Å². The van der Waals surface area contributed by atoms with Crippen molar-refractivity contribution in [1.82, 2.24) is 20.4 Å². The molecule has 0 radical (unpaired) electrons. The largest absolute Gasteiger partial charge is 0.508 e. The van der Waals surface area contributed by atoms with E-state index in [2.05, 4.69) is 37.4 Å². The minimum atomic E-state index is -0.185. The Kier molecular flexibility index (Phi) is 8.15. The summed E-state index contributed by atoms with van der Waals surface area (Å²) in [4.78, 5) is 16.7. The summed E-state index contributed by atoms with van der Waals surface area (Å²) in [5.74, 6) is 1.69. The molecule has 4 rings (SSSR count). The first-order valence-corrected chi connectivity index (χ1v) is 12.2. The van der Waals surface area contributed by atoms with Crippen molar-refractivity contribution in [2.75, 3.05) is 44.2 Å². The van der Waals surface area contributed by atoms with Crippen molar-refractivity contribution in [2.24, 2.45) is 0 Å². The number of benzene rings is 2. The fraction of sp³-hybridized carbons (Fsp3) is 0.370. The van der Waals surface area contributed by atoms with Gasteiger partial charge in [0.25, 0.3) is 5.91 Å². The minimum absolute atomic E-state index is 0.185. The van der Waals surface area contributed by atoms with Gasteiger partial charge in [0.1, 0.15) is 11.5 Å². The molecule has 0 unspecified atom stereocenters. The van der Waals surface area contributed by atoms with Crippen molar-refractivity contribution in [3.8, 4) is 22.6 Å². The summed E-state index contributed by atoms with van der Waals surface area (Å²) in [6.07, 6.45) is 0.884. The summed E-state index contributed by atoms with van der Waals surface area (Å²) in [7, 11) is 0. The standard InChI is InChI=1S/C27H33N5O3/c1-3-10-28-27(34)25-8-9-26(30-29-25)32-13-11-31(12-14-32)19-20-15-22(18-24(16-20)35-4-2)21-6-5-7-23(33)17-21/h5-9,15-18,33H,3-4,10-14,19H2,1-2H3,(H,28,34). The Morgan fingerprint density at radius 3 is 2.51 bits per heavy atom. The van der Waals surface area contributed by atoms with Crippen LogP contribution in [0.2, 0.25) is 0 Å². The second-order valence-electron chi connectivity index (χ2n) is 8.64. The van der Waals surface area contributed by atoms with E-state index in [1.807, 2.05) is 38.1 Å². The van der Waals surface area contributed by atoms with Gasteiger partial charge in [-0.2, -0.15) is 0 Å². The molecule has 2 heterocycles. The van der Waals surface area contributed by atoms with Gasteiger partial charge in [0.15, 0.2) is 11.5 Å². The maximum Gasteiger partial charge on any atom is 0.271 e. The third-order valence-electron chi connectivity index (χ3n) is 5.98. The number of nitrogens with one attached hydrogen (secondary N) is 1. The number of rotatable bonds is 9. The fourth-order valence-corrected chi connectivity index (χ4v) is 4.19. The van der Waals surface area contributed by atoms with Crippen LogP contribution in [0.5, 0.6) is 11.5 Å². The molecule has 1 fully saturated rings. The van der Waals surface area contributed by atoms with Crippen LogP contribution >= 0.6 is 0 Å². The number of hydrogen-bond acceptors (Lipinski definition) is 7. The molecule has 3 aromatic rings. The molecule has 0 saturated carbocycles. The molecule has 8 nitrogen and oxygen atoms in total. The van der Waals surface area contributed by atoms with Crippen molar-refractivity contribution in [3.05, 3.63) is 65.9 Å². The van der Waals surface area contributed by atoms with Crippen molar-refractivity contribution >= 4 is 11.7 Å². The summed E-state index contributed by atoms with van der Waals surface area (Å²) in [6.45, 7) is 9.48. The van der Waals surface area contributed by atoms with E-state index in [-0.39, 0.29) is 11.7 Å². The van der Waals surface area contributed by atoms with Crippen LogP contribution in [0.15, 0.2) is 54.6 Å². The van der Waals surface area contributed by atoms with E-state index >= 15 is 0 Å². The van der Waals surface area contributed by atoms with Crippen LogP contribution in [0.1, 0.15) is 36.3 Å². The van der Waals surface area contributed by atoms with Crippen LogP contribution < -0.4 is 15.0 Å². The van der Waals surface area contributed by atoms with E-state index in [9.17, 15) is 9.90 Å². The van der Waals surface area contributed by atoms with Gasteiger partial charge in [-0.3, -0.25) is 9.69 Å². The summed E-state index contributed by atoms with van der Waals surface area (Å²) >= 11 is 0. The number of hydrogen-bond donors (Lipinski definition) is 2. The number of nitrogens with zero attached hydrogens (tertiary/aromatic N) is 4. The number of aromatic hydroxyl groups is 1. The van der Waals surface area contributed by atoms with Gasteiger partial charge >= 0.3 is 0 Å². The summed E-state index contributed by atoms with van der Waals surface area (Å²) < 4.78 is 5.82. The Morgan fingerprint density at radius 1 is 1.00 bits per heavy atom. The average Bonchev–Trinajstić information content (AvgIpc) is 2.88. The number of carbonyl (C=O) groups excluding carboxylic acids is 1. The molecule has 1 amide bonds. The van der Waals surface area contributed by atoms with Crippen molar-refractivity contribution in [1.29, 1.82) is 0 Å². The summed E-state index contributed by atoms with van der Waals surface area (Å²) in [5, 5.41) is 21.1. The topological polar surface area (TPSA) is 90.8 Å². The molecule has 0 aliphatic carbocycles. The van der Waals surface area contributed by atoms with E-state index in [4.69, 9.17) is 4.74 Å². The lowest BCUT2D eigenvalue weighted by molar-refractivity contribution is 0.0947. The summed E-state index contributed by atoms with van der Waals surface area (Å²) in [6, 6.07) is 17.2. The highest BCUT2D eigenvalue weighted by atomic mass is 16.5. The Morgan fingerprint density at radius 2 is 1.83 bits per heavy atom. The number of amides is 1. The van der Waals surface area contributed by atoms with E-state index in [1.165, 1.54) is 5.56 Å². The Balaban J connectivity index is 1.39. The van der Waals surface area contributed by atoms with Crippen LogP contribution in [0.25, 0.3) is 11.1 Å². The number of phenols is 1. The summed E-state index contributed by atoms with van der Waals surface area (Å²) in [5.41, 5.74) is 3.50. The second kappa shape index (κ2) is 11.7. The van der Waals surface area contributed by atoms with Gasteiger partial charge in [0.2, 0.25) is 0 Å². The van der Waals surface area contributed by atoms with Crippen LogP contribution in [-0.4, -0.2) is 65.4 Å². The molecule has 1 saturated heterocycles. The van der Waals surface area contributed by atoms with Gasteiger partial charge in [-0.1, -0.05) is 19.1 Å². The molecule has 0 bridgehead atoms. The van der Waals surface area contributed by atoms with E-state index in [0.717, 1.165) is 61.8 Å². The Hall–Kier alpha value is -3.65. The molecular weight excluding hydrogens is 442 g/mol. The van der Waals surface area contributed by atoms with Crippen molar-refractivity contribution < 1.29 is 14.6 Å². The molecule has 0 atom stereocenters. The van der Waals surface area contributed by atoms with Gasteiger partial charge in [-0.15, -0.1) is 10.2 Å². The van der Waals surface area contributed by atoms with E-state index < -0.39 is 0 Å². The lowest BCUT2D eigenvalue weighted by Gasteiger charge is -2.35. The number of anilines is 1. The maximum absolute atomic E-state index is 12.0. The number of ether oxygens (including phenoxy) is 1. The zero-order chi connectivity index (χ0) is 24.6. The van der Waals surface area contributed by atoms with Crippen LogP contribution in [0.3, 0.4) is 0 Å². The van der Waals surface area contributed by atoms with Gasteiger partial charge in [0.05, 0.1) is 6.61 Å². The molecule has 0 spiro atoms. The van der Waals surface area contributed by atoms with Gasteiger partial charge < -0.3 is 20.1 Å². The molecule has 2 aromatic carbocycles. The highest BCUT2D eigenvalue weighted by Crippen LogP contribution is 2.29. The molecule has 8 heteroatoms. The third kappa shape index (κ3) is 6.48. The highest BCUT2D eigenvalue weighted by Gasteiger charge is 2.20. The van der Waals surface area contributed by atoms with Gasteiger partial charge in [-0.05, 0) is 72.5 Å². The number of aromatic nitrogens is 2. The normalized spacial score (nSPS) is 14.1. The molecule has 2 N–H and O–H groups in total. The first-order chi connectivity index (χ1) is 17.1. The predicted octanol–water partition coefficient (Wildman–Crippen LogP) is 3.71. The zero-order valence-electron chi connectivity index (χ0n) is 20.4. The second-order valence-corrected chi connectivity index (χ2v) is 8.64. The van der Waals surface area contributed by atoms with Gasteiger partial charge in [0, 0.05) is 39.3 Å². The molecular formula is C27H33N5O3. The van der Waals surface area contributed by atoms with Crippen LogP contribution in [0.4, 0.5) is 5.82 Å². The van der Waals surface area contributed by atoms with Crippen LogP contribution in [-0.2, 0) is 6.54 Å². The average molecular weight is 476 g/mol. The SMILES string of the molecule is CCCNC(=O)c1ccc(N2CCN(Cc3cc(OCC)cc(-c4cccc(O)c4)c3)CC2)nn1. The van der Waals surface area contributed by atoms with E-state index in [1.54, 1.807) is 18.2 Å². The molecule has 184 valence electrons. The number of phenolic OH excluding ortho intramolecular Hbond substituents is 1. The minimum Gasteiger partial charge on any atom is -0.508 e. The molecule has 35 heavy (non-hydrogen) atoms. The molecule has 1 aliphatic rings. The first kappa shape index (κ1) is 24.5. The van der Waals surface area contributed by atoms with Crippen molar-refractivity contribution in [2.45, 2.75) is 26.8 Å². The fourth-order valence-electron chi connectivity index (χ4n) is 4.19. The van der Waals surface area contributed by atoms with Crippen molar-refractivity contribution in [3.63, 3.8) is 0 Å². The highest BCUT2D eigenvalue weighted by molar-refractivity contribution is 5.92. The third-order valence-corrected chi connectivity index (χ3v) is 5.98.